The summed E-state index contributed by atoms with van der Waals surface area (Å²) in [7, 11) is 0. The van der Waals surface area contributed by atoms with E-state index in [0.717, 1.165) is 18.6 Å². The fourth-order valence-corrected chi connectivity index (χ4v) is 1.88. The predicted octanol–water partition coefficient (Wildman–Crippen LogP) is 2.58. The van der Waals surface area contributed by atoms with Crippen LogP contribution in [0.3, 0.4) is 0 Å². The van der Waals surface area contributed by atoms with Gasteiger partial charge < -0.3 is 5.32 Å². The first-order valence-electron chi connectivity index (χ1n) is 6.65. The van der Waals surface area contributed by atoms with E-state index in [1.165, 1.54) is 0 Å². The molecule has 0 fully saturated rings. The van der Waals surface area contributed by atoms with Gasteiger partial charge in [0.25, 0.3) is 0 Å². The molecule has 124 valence electrons. The van der Waals surface area contributed by atoms with Gasteiger partial charge in [-0.15, -0.1) is 0 Å². The standard InChI is InChI=1S/C12H14N4O7/c1-2-3-4-8(17)7-13-9-5-6-10(14(18)19)12(16(22)23)11(9)15(20)21/h5-6,13H,2-4,7H2,1H3. The molecular weight excluding hydrogens is 312 g/mol. The first kappa shape index (κ1) is 17.9. The molecule has 0 aliphatic carbocycles. The highest BCUT2D eigenvalue weighted by molar-refractivity contribution is 5.85. The molecule has 11 nitrogen and oxygen atoms in total. The molecule has 0 amide bonds. The topological polar surface area (TPSA) is 159 Å². The highest BCUT2D eigenvalue weighted by Gasteiger charge is 2.38. The molecule has 1 aromatic rings. The Balaban J connectivity index is 3.21. The number of ketones is 1. The number of anilines is 1. The van der Waals surface area contributed by atoms with Crippen molar-refractivity contribution in [1.29, 1.82) is 0 Å². The molecule has 0 saturated carbocycles. The lowest BCUT2D eigenvalue weighted by Crippen LogP contribution is -2.15. The van der Waals surface area contributed by atoms with Gasteiger partial charge in [0.2, 0.25) is 0 Å². The van der Waals surface area contributed by atoms with Gasteiger partial charge in [-0.1, -0.05) is 13.3 Å². The Bertz CT molecular complexity index is 659. The summed E-state index contributed by atoms with van der Waals surface area (Å²) in [6.07, 6.45) is 1.73. The maximum absolute atomic E-state index is 11.6. The SMILES string of the molecule is CCCCC(=O)CNc1ccc([N+](=O)[O-])c([N+](=O)[O-])c1[N+](=O)[O-]. The Morgan fingerprint density at radius 1 is 1.04 bits per heavy atom. The van der Waals surface area contributed by atoms with Gasteiger partial charge in [0.05, 0.1) is 21.3 Å². The molecule has 0 bridgehead atoms. The number of unbranched alkanes of at least 4 members (excludes halogenated alkanes) is 1. The second-order valence-corrected chi connectivity index (χ2v) is 4.60. The Hall–Kier alpha value is -3.11. The van der Waals surface area contributed by atoms with E-state index in [0.29, 0.717) is 6.42 Å². The minimum absolute atomic E-state index is 0.220. The highest BCUT2D eigenvalue weighted by Crippen LogP contribution is 2.41. The molecule has 1 aromatic carbocycles. The smallest absolute Gasteiger partial charge is 0.372 e. The van der Waals surface area contributed by atoms with Crippen LogP contribution in [-0.2, 0) is 4.79 Å². The molecule has 0 spiro atoms. The molecule has 0 unspecified atom stereocenters. The summed E-state index contributed by atoms with van der Waals surface area (Å²) >= 11 is 0. The molecule has 0 heterocycles. The monoisotopic (exact) mass is 326 g/mol. The molecule has 1 N–H and O–H groups in total. The van der Waals surface area contributed by atoms with Crippen molar-refractivity contribution >= 4 is 28.5 Å². The maximum Gasteiger partial charge on any atom is 0.424 e. The van der Waals surface area contributed by atoms with Gasteiger partial charge in [0, 0.05) is 12.5 Å². The quantitative estimate of drug-likeness (QED) is 0.535. The average molecular weight is 326 g/mol. The zero-order valence-electron chi connectivity index (χ0n) is 12.2. The van der Waals surface area contributed by atoms with Crippen molar-refractivity contribution in [1.82, 2.24) is 0 Å². The Kier molecular flexibility index (Phi) is 6.06. The third kappa shape index (κ3) is 4.43. The lowest BCUT2D eigenvalue weighted by molar-refractivity contribution is -0.440. The summed E-state index contributed by atoms with van der Waals surface area (Å²) in [5, 5.41) is 35.3. The third-order valence-corrected chi connectivity index (χ3v) is 2.98. The largest absolute Gasteiger partial charge is 0.424 e. The first-order valence-corrected chi connectivity index (χ1v) is 6.65. The molecular formula is C12H14N4O7. The second-order valence-electron chi connectivity index (χ2n) is 4.60. The zero-order chi connectivity index (χ0) is 17.6. The van der Waals surface area contributed by atoms with Crippen LogP contribution in [0.4, 0.5) is 22.7 Å². The van der Waals surface area contributed by atoms with Crippen LogP contribution in [0.2, 0.25) is 0 Å². The van der Waals surface area contributed by atoms with Crippen molar-refractivity contribution < 1.29 is 19.6 Å². The van der Waals surface area contributed by atoms with Gasteiger partial charge >= 0.3 is 17.1 Å². The van der Waals surface area contributed by atoms with E-state index in [9.17, 15) is 35.1 Å². The van der Waals surface area contributed by atoms with Gasteiger partial charge in [-0.2, -0.15) is 0 Å². The van der Waals surface area contributed by atoms with E-state index in [2.05, 4.69) is 5.32 Å². The van der Waals surface area contributed by atoms with Gasteiger partial charge in [-0.3, -0.25) is 35.1 Å². The molecule has 0 atom stereocenters. The van der Waals surface area contributed by atoms with E-state index in [1.807, 2.05) is 6.92 Å². The number of nitro benzene ring substituents is 3. The van der Waals surface area contributed by atoms with Crippen molar-refractivity contribution in [3.63, 3.8) is 0 Å². The minimum atomic E-state index is -1.22. The molecule has 0 saturated heterocycles. The molecule has 1 rings (SSSR count). The number of benzene rings is 1. The normalized spacial score (nSPS) is 10.1. The van der Waals surface area contributed by atoms with Crippen molar-refractivity contribution in [3.05, 3.63) is 42.5 Å². The zero-order valence-corrected chi connectivity index (χ0v) is 12.2. The van der Waals surface area contributed by atoms with Crippen LogP contribution in [0.25, 0.3) is 0 Å². The van der Waals surface area contributed by atoms with Crippen LogP contribution in [0, 0.1) is 30.3 Å². The molecule has 0 aliphatic rings. The Labute approximate surface area is 129 Å². The van der Waals surface area contributed by atoms with Crippen molar-refractivity contribution in [2.24, 2.45) is 0 Å². The number of rotatable bonds is 9. The lowest BCUT2D eigenvalue weighted by Gasteiger charge is -2.06. The molecule has 23 heavy (non-hydrogen) atoms. The molecule has 0 aliphatic heterocycles. The number of nitrogens with zero attached hydrogens (tertiary/aromatic N) is 3. The Morgan fingerprint density at radius 2 is 1.65 bits per heavy atom. The van der Waals surface area contributed by atoms with Crippen LogP contribution in [-0.4, -0.2) is 27.1 Å². The van der Waals surface area contributed by atoms with E-state index in [-0.39, 0.29) is 24.4 Å². The molecule has 0 radical (unpaired) electrons. The number of Topliss-reactive ketones (excluding diaryl/α,β-unsaturated/α-hetero) is 1. The number of carbonyl (C=O) groups excluding carboxylic acids is 1. The fraction of sp³-hybridized carbons (Fsp3) is 0.417. The summed E-state index contributed by atoms with van der Waals surface area (Å²) in [5.74, 6) is -0.220. The first-order chi connectivity index (χ1) is 10.8. The molecule has 11 heteroatoms. The number of hydrogen-bond donors (Lipinski definition) is 1. The summed E-state index contributed by atoms with van der Waals surface area (Å²) in [4.78, 5) is 41.1. The maximum atomic E-state index is 11.6. The Morgan fingerprint density at radius 3 is 2.13 bits per heavy atom. The van der Waals surface area contributed by atoms with Crippen molar-refractivity contribution in [2.75, 3.05) is 11.9 Å². The van der Waals surface area contributed by atoms with Gasteiger partial charge in [0.1, 0.15) is 5.69 Å². The number of carbonyl (C=O) groups is 1. The third-order valence-electron chi connectivity index (χ3n) is 2.98. The second kappa shape index (κ2) is 7.77. The van der Waals surface area contributed by atoms with E-state index >= 15 is 0 Å². The van der Waals surface area contributed by atoms with E-state index in [4.69, 9.17) is 0 Å². The van der Waals surface area contributed by atoms with Crippen LogP contribution < -0.4 is 5.32 Å². The average Bonchev–Trinajstić information content (AvgIpc) is 2.49. The summed E-state index contributed by atoms with van der Waals surface area (Å²) < 4.78 is 0. The minimum Gasteiger partial charge on any atom is -0.372 e. The highest BCUT2D eigenvalue weighted by atomic mass is 16.6. The molecule has 0 aromatic heterocycles. The number of hydrogen-bond acceptors (Lipinski definition) is 8. The lowest BCUT2D eigenvalue weighted by atomic mass is 10.1. The summed E-state index contributed by atoms with van der Waals surface area (Å²) in [5.41, 5.74) is -3.54. The van der Waals surface area contributed by atoms with Crippen molar-refractivity contribution in [3.8, 4) is 0 Å². The number of nitro groups is 3. The van der Waals surface area contributed by atoms with E-state index < -0.39 is 31.8 Å². The van der Waals surface area contributed by atoms with E-state index in [1.54, 1.807) is 0 Å². The number of nitrogens with one attached hydrogen (secondary N) is 1. The summed E-state index contributed by atoms with van der Waals surface area (Å²) in [6.45, 7) is 1.64. The van der Waals surface area contributed by atoms with Crippen LogP contribution >= 0.6 is 0 Å². The van der Waals surface area contributed by atoms with Crippen LogP contribution in [0.5, 0.6) is 0 Å². The van der Waals surface area contributed by atoms with Crippen LogP contribution in [0.15, 0.2) is 12.1 Å². The predicted molar refractivity (Wildman–Crippen MR) is 79.4 cm³/mol. The summed E-state index contributed by atoms with van der Waals surface area (Å²) in [6, 6.07) is 1.78. The van der Waals surface area contributed by atoms with Crippen molar-refractivity contribution in [2.45, 2.75) is 26.2 Å². The van der Waals surface area contributed by atoms with Gasteiger partial charge in [-0.05, 0) is 12.5 Å². The van der Waals surface area contributed by atoms with Gasteiger partial charge in [-0.25, -0.2) is 0 Å². The van der Waals surface area contributed by atoms with Crippen LogP contribution in [0.1, 0.15) is 26.2 Å². The van der Waals surface area contributed by atoms with Gasteiger partial charge in [0.15, 0.2) is 5.78 Å². The fourth-order valence-electron chi connectivity index (χ4n) is 1.88.